The van der Waals surface area contributed by atoms with Crippen molar-refractivity contribution >= 4 is 27.5 Å². The average molecular weight is 622 g/mol. The summed E-state index contributed by atoms with van der Waals surface area (Å²) in [7, 11) is -1.08. The maximum Gasteiger partial charge on any atom is 0.264 e. The molecule has 0 aliphatic heterocycles. The summed E-state index contributed by atoms with van der Waals surface area (Å²) in [5.41, 5.74) is 2.10. The van der Waals surface area contributed by atoms with Gasteiger partial charge in [-0.05, 0) is 80.3 Å². The number of nitrogens with zero attached hydrogens (tertiary/aromatic N) is 2. The number of amides is 2. The zero-order chi connectivity index (χ0) is 31.7. The molecule has 1 atom stereocenters. The van der Waals surface area contributed by atoms with Crippen molar-refractivity contribution in [1.82, 2.24) is 10.2 Å². The molecule has 44 heavy (non-hydrogen) atoms. The summed E-state index contributed by atoms with van der Waals surface area (Å²) < 4.78 is 39.7. The zero-order valence-corrected chi connectivity index (χ0v) is 26.8. The van der Waals surface area contributed by atoms with E-state index in [0.29, 0.717) is 23.6 Å². The van der Waals surface area contributed by atoms with Gasteiger partial charge in [-0.1, -0.05) is 56.0 Å². The van der Waals surface area contributed by atoms with Gasteiger partial charge in [0.15, 0.2) is 0 Å². The Morgan fingerprint density at radius 3 is 1.98 bits per heavy atom. The van der Waals surface area contributed by atoms with E-state index in [1.165, 1.54) is 24.1 Å². The number of hydrogen-bond donors (Lipinski definition) is 1. The van der Waals surface area contributed by atoms with Crippen LogP contribution in [0.1, 0.15) is 56.6 Å². The third-order valence-electron chi connectivity index (χ3n) is 8.10. The number of ether oxygens (including phenoxy) is 2. The first-order valence-corrected chi connectivity index (χ1v) is 16.6. The zero-order valence-electron chi connectivity index (χ0n) is 26.0. The number of nitrogens with one attached hydrogen (secondary N) is 1. The minimum atomic E-state index is -4.16. The molecule has 1 N–H and O–H groups in total. The summed E-state index contributed by atoms with van der Waals surface area (Å²) in [6, 6.07) is 19.6. The second-order valence-electron chi connectivity index (χ2n) is 11.2. The first kappa shape index (κ1) is 32.9. The number of benzene rings is 3. The molecule has 236 valence electrons. The molecule has 0 radical (unpaired) electrons. The number of sulfonamides is 1. The summed E-state index contributed by atoms with van der Waals surface area (Å²) in [5.74, 6) is 0.484. The lowest BCUT2D eigenvalue weighted by atomic mass is 9.95. The van der Waals surface area contributed by atoms with Crippen molar-refractivity contribution in [2.45, 2.75) is 75.9 Å². The smallest absolute Gasteiger partial charge is 0.264 e. The van der Waals surface area contributed by atoms with Gasteiger partial charge in [0.05, 0.1) is 24.8 Å². The second kappa shape index (κ2) is 15.1. The highest BCUT2D eigenvalue weighted by Gasteiger charge is 2.34. The monoisotopic (exact) mass is 621 g/mol. The maximum atomic E-state index is 14.3. The van der Waals surface area contributed by atoms with Gasteiger partial charge in [0.2, 0.25) is 11.8 Å². The van der Waals surface area contributed by atoms with Crippen LogP contribution < -0.4 is 19.1 Å². The minimum absolute atomic E-state index is 0.0236. The van der Waals surface area contributed by atoms with Crippen LogP contribution in [0.4, 0.5) is 5.69 Å². The first-order valence-electron chi connectivity index (χ1n) is 15.1. The third kappa shape index (κ3) is 8.11. The predicted octanol–water partition coefficient (Wildman–Crippen LogP) is 5.46. The molecule has 0 unspecified atom stereocenters. The molecular weight excluding hydrogens is 578 g/mol. The summed E-state index contributed by atoms with van der Waals surface area (Å²) in [5, 5.41) is 3.17. The van der Waals surface area contributed by atoms with Crippen LogP contribution >= 0.6 is 0 Å². The SMILES string of the molecule is CC[C@H](C(=O)NC1CCCCC1)N(Cc1ccc(OC)cc1)C(=O)CN(c1ccc(C)cc1)S(=O)(=O)c1ccc(OC)cc1. The van der Waals surface area contributed by atoms with Crippen molar-refractivity contribution in [2.75, 3.05) is 25.1 Å². The molecule has 1 aliphatic rings. The summed E-state index contributed by atoms with van der Waals surface area (Å²) in [4.78, 5) is 29.5. The number of rotatable bonds is 13. The van der Waals surface area contributed by atoms with E-state index in [-0.39, 0.29) is 23.4 Å². The van der Waals surface area contributed by atoms with Gasteiger partial charge >= 0.3 is 0 Å². The molecular formula is C34H43N3O6S. The van der Waals surface area contributed by atoms with Gasteiger partial charge in [0.1, 0.15) is 24.1 Å². The van der Waals surface area contributed by atoms with Crippen LogP contribution in [0.5, 0.6) is 11.5 Å². The van der Waals surface area contributed by atoms with Crippen LogP contribution in [0.15, 0.2) is 77.7 Å². The van der Waals surface area contributed by atoms with E-state index in [1.54, 1.807) is 55.6 Å². The molecule has 10 heteroatoms. The highest BCUT2D eigenvalue weighted by molar-refractivity contribution is 7.92. The molecule has 0 spiro atoms. The normalized spacial score (nSPS) is 14.4. The quantitative estimate of drug-likeness (QED) is 0.272. The largest absolute Gasteiger partial charge is 0.497 e. The van der Waals surface area contributed by atoms with Crippen molar-refractivity contribution in [3.63, 3.8) is 0 Å². The Hall–Kier alpha value is -4.05. The topological polar surface area (TPSA) is 105 Å². The molecule has 0 heterocycles. The van der Waals surface area contributed by atoms with Gasteiger partial charge in [-0.2, -0.15) is 0 Å². The Morgan fingerprint density at radius 2 is 1.43 bits per heavy atom. The van der Waals surface area contributed by atoms with Gasteiger partial charge in [-0.15, -0.1) is 0 Å². The molecule has 2 amide bonds. The van der Waals surface area contributed by atoms with E-state index >= 15 is 0 Å². The Morgan fingerprint density at radius 1 is 0.864 bits per heavy atom. The fourth-order valence-corrected chi connectivity index (χ4v) is 6.92. The number of methoxy groups -OCH3 is 2. The van der Waals surface area contributed by atoms with Crippen LogP contribution in [-0.2, 0) is 26.2 Å². The lowest BCUT2D eigenvalue weighted by Crippen LogP contribution is -2.54. The van der Waals surface area contributed by atoms with Crippen molar-refractivity contribution in [1.29, 1.82) is 0 Å². The second-order valence-corrected chi connectivity index (χ2v) is 13.0. The molecule has 0 saturated heterocycles. The molecule has 1 aliphatic carbocycles. The van der Waals surface area contributed by atoms with Crippen LogP contribution in [0.3, 0.4) is 0 Å². The number of anilines is 1. The number of hydrogen-bond acceptors (Lipinski definition) is 6. The summed E-state index contributed by atoms with van der Waals surface area (Å²) in [6.07, 6.45) is 5.47. The molecule has 1 saturated carbocycles. The lowest BCUT2D eigenvalue weighted by Gasteiger charge is -2.34. The molecule has 9 nitrogen and oxygen atoms in total. The van der Waals surface area contributed by atoms with E-state index < -0.39 is 28.5 Å². The van der Waals surface area contributed by atoms with Gasteiger partial charge in [-0.3, -0.25) is 13.9 Å². The number of aryl methyl sites for hydroxylation is 1. The first-order chi connectivity index (χ1) is 21.2. The number of carbonyl (C=O) groups is 2. The average Bonchev–Trinajstić information content (AvgIpc) is 3.04. The lowest BCUT2D eigenvalue weighted by molar-refractivity contribution is -0.140. The Labute approximate surface area is 261 Å². The fraction of sp³-hybridized carbons (Fsp3) is 0.412. The molecule has 3 aromatic carbocycles. The Balaban J connectivity index is 1.70. The fourth-order valence-electron chi connectivity index (χ4n) is 5.51. The Bertz CT molecular complexity index is 1490. The van der Waals surface area contributed by atoms with Crippen molar-refractivity contribution in [2.24, 2.45) is 0 Å². The summed E-state index contributed by atoms with van der Waals surface area (Å²) in [6.45, 7) is 3.42. The molecule has 3 aromatic rings. The van der Waals surface area contributed by atoms with E-state index in [1.807, 2.05) is 26.0 Å². The van der Waals surface area contributed by atoms with E-state index in [4.69, 9.17) is 9.47 Å². The van der Waals surface area contributed by atoms with Crippen molar-refractivity contribution in [3.8, 4) is 11.5 Å². The van der Waals surface area contributed by atoms with Gasteiger partial charge in [0, 0.05) is 12.6 Å². The van der Waals surface area contributed by atoms with Gasteiger partial charge in [0.25, 0.3) is 10.0 Å². The van der Waals surface area contributed by atoms with E-state index in [2.05, 4.69) is 5.32 Å². The summed E-state index contributed by atoms with van der Waals surface area (Å²) >= 11 is 0. The molecule has 0 bridgehead atoms. The van der Waals surface area contributed by atoms with Gasteiger partial charge in [-0.25, -0.2) is 8.42 Å². The van der Waals surface area contributed by atoms with E-state index in [0.717, 1.165) is 47.5 Å². The number of carbonyl (C=O) groups excluding carboxylic acids is 2. The third-order valence-corrected chi connectivity index (χ3v) is 9.89. The maximum absolute atomic E-state index is 14.3. The van der Waals surface area contributed by atoms with Crippen molar-refractivity contribution in [3.05, 3.63) is 83.9 Å². The van der Waals surface area contributed by atoms with E-state index in [9.17, 15) is 18.0 Å². The standard InChI is InChI=1S/C34H43N3O6S/c1-5-32(34(39)35-27-9-7-6-8-10-27)36(23-26-13-17-29(42-3)18-14-26)33(38)24-37(28-15-11-25(2)12-16-28)44(40,41)31-21-19-30(43-4)20-22-31/h11-22,27,32H,5-10,23-24H2,1-4H3,(H,35,39)/t32-/m1/s1. The molecule has 4 rings (SSSR count). The van der Waals surface area contributed by atoms with Crippen LogP contribution in [0.25, 0.3) is 0 Å². The van der Waals surface area contributed by atoms with Gasteiger partial charge < -0.3 is 19.7 Å². The van der Waals surface area contributed by atoms with Crippen LogP contribution in [-0.4, -0.2) is 58.0 Å². The molecule has 1 fully saturated rings. The van der Waals surface area contributed by atoms with Crippen LogP contribution in [0, 0.1) is 6.92 Å². The van der Waals surface area contributed by atoms with Crippen molar-refractivity contribution < 1.29 is 27.5 Å². The minimum Gasteiger partial charge on any atom is -0.497 e. The highest BCUT2D eigenvalue weighted by atomic mass is 32.2. The highest BCUT2D eigenvalue weighted by Crippen LogP contribution is 2.27. The predicted molar refractivity (Wildman–Crippen MR) is 171 cm³/mol. The Kier molecular flexibility index (Phi) is 11.3. The van der Waals surface area contributed by atoms with Crippen LogP contribution in [0.2, 0.25) is 0 Å². The molecule has 0 aromatic heterocycles.